The lowest BCUT2D eigenvalue weighted by molar-refractivity contribution is -0.150. The molecule has 1 heterocycles. The average Bonchev–Trinajstić information content (AvgIpc) is 2.95. The Bertz CT molecular complexity index is 353. The van der Waals surface area contributed by atoms with E-state index in [0.29, 0.717) is 25.0 Å². The highest BCUT2D eigenvalue weighted by atomic mass is 16.2. The second-order valence-corrected chi connectivity index (χ2v) is 6.03. The minimum absolute atomic E-state index is 0.0905. The summed E-state index contributed by atoms with van der Waals surface area (Å²) in [6.07, 6.45) is 5.97. The second-order valence-electron chi connectivity index (χ2n) is 6.03. The minimum atomic E-state index is 0.0905. The fourth-order valence-corrected chi connectivity index (χ4v) is 3.42. The molecule has 1 aliphatic heterocycles. The molecular formula is C15H27N3O2. The molecule has 0 spiro atoms. The maximum absolute atomic E-state index is 12.2. The van der Waals surface area contributed by atoms with Crippen LogP contribution in [0.4, 0.5) is 0 Å². The number of hydrogen-bond acceptors (Lipinski definition) is 3. The Balaban J connectivity index is 1.91. The van der Waals surface area contributed by atoms with E-state index in [4.69, 9.17) is 0 Å². The molecule has 5 heteroatoms. The van der Waals surface area contributed by atoms with Gasteiger partial charge in [-0.05, 0) is 32.2 Å². The number of nitrogens with zero attached hydrogens (tertiary/aromatic N) is 2. The third-order valence-electron chi connectivity index (χ3n) is 4.61. The SMILES string of the molecule is CCCN1CC(=O)N(CC(NC)C2CCCC2)CC1=O. The van der Waals surface area contributed by atoms with Crippen molar-refractivity contribution in [2.75, 3.05) is 33.2 Å². The molecule has 2 aliphatic rings. The van der Waals surface area contributed by atoms with Crippen molar-refractivity contribution in [3.05, 3.63) is 0 Å². The molecule has 1 atom stereocenters. The largest absolute Gasteiger partial charge is 0.332 e. The first-order valence-electron chi connectivity index (χ1n) is 7.88. The topological polar surface area (TPSA) is 52.7 Å². The summed E-state index contributed by atoms with van der Waals surface area (Å²) in [4.78, 5) is 27.7. The van der Waals surface area contributed by atoms with E-state index < -0.39 is 0 Å². The summed E-state index contributed by atoms with van der Waals surface area (Å²) in [5, 5.41) is 3.34. The summed E-state index contributed by atoms with van der Waals surface area (Å²) in [7, 11) is 1.96. The Morgan fingerprint density at radius 2 is 1.75 bits per heavy atom. The third kappa shape index (κ3) is 3.51. The molecule has 1 N–H and O–H groups in total. The quantitative estimate of drug-likeness (QED) is 0.785. The first-order valence-corrected chi connectivity index (χ1v) is 7.88. The number of carbonyl (C=O) groups excluding carboxylic acids is 2. The van der Waals surface area contributed by atoms with Gasteiger partial charge in [-0.25, -0.2) is 0 Å². The van der Waals surface area contributed by atoms with E-state index in [2.05, 4.69) is 5.32 Å². The smallest absolute Gasteiger partial charge is 0.242 e. The van der Waals surface area contributed by atoms with Crippen molar-refractivity contribution >= 4 is 11.8 Å². The summed E-state index contributed by atoms with van der Waals surface area (Å²) in [5.41, 5.74) is 0. The average molecular weight is 281 g/mol. The number of rotatable bonds is 6. The van der Waals surface area contributed by atoms with E-state index in [1.165, 1.54) is 25.7 Å². The summed E-state index contributed by atoms with van der Waals surface area (Å²) < 4.78 is 0. The van der Waals surface area contributed by atoms with Gasteiger partial charge in [0.05, 0.1) is 13.1 Å². The zero-order valence-electron chi connectivity index (χ0n) is 12.7. The van der Waals surface area contributed by atoms with E-state index in [-0.39, 0.29) is 24.9 Å². The van der Waals surface area contributed by atoms with E-state index in [9.17, 15) is 9.59 Å². The van der Waals surface area contributed by atoms with Gasteiger partial charge in [-0.15, -0.1) is 0 Å². The van der Waals surface area contributed by atoms with Crippen LogP contribution in [-0.2, 0) is 9.59 Å². The highest BCUT2D eigenvalue weighted by Gasteiger charge is 2.33. The molecule has 20 heavy (non-hydrogen) atoms. The third-order valence-corrected chi connectivity index (χ3v) is 4.61. The van der Waals surface area contributed by atoms with Gasteiger partial charge in [-0.1, -0.05) is 19.8 Å². The molecule has 114 valence electrons. The molecule has 2 rings (SSSR count). The fourth-order valence-electron chi connectivity index (χ4n) is 3.42. The van der Waals surface area contributed by atoms with Crippen LogP contribution in [0.25, 0.3) is 0 Å². The maximum atomic E-state index is 12.2. The van der Waals surface area contributed by atoms with Crippen LogP contribution in [-0.4, -0.2) is 60.9 Å². The Morgan fingerprint density at radius 3 is 2.35 bits per heavy atom. The lowest BCUT2D eigenvalue weighted by atomic mass is 9.97. The Labute approximate surface area is 121 Å². The molecule has 2 fully saturated rings. The Kier molecular flexibility index (Phi) is 5.40. The van der Waals surface area contributed by atoms with Crippen molar-refractivity contribution in [1.82, 2.24) is 15.1 Å². The minimum Gasteiger partial charge on any atom is -0.332 e. The number of hydrogen-bond donors (Lipinski definition) is 1. The van der Waals surface area contributed by atoms with Crippen molar-refractivity contribution in [3.8, 4) is 0 Å². The van der Waals surface area contributed by atoms with E-state index in [1.807, 2.05) is 14.0 Å². The molecule has 0 bridgehead atoms. The van der Waals surface area contributed by atoms with E-state index in [1.54, 1.807) is 9.80 Å². The highest BCUT2D eigenvalue weighted by Crippen LogP contribution is 2.28. The van der Waals surface area contributed by atoms with Crippen LogP contribution in [0.5, 0.6) is 0 Å². The zero-order valence-corrected chi connectivity index (χ0v) is 12.7. The van der Waals surface area contributed by atoms with E-state index in [0.717, 1.165) is 6.42 Å². The fraction of sp³-hybridized carbons (Fsp3) is 0.867. The van der Waals surface area contributed by atoms with Gasteiger partial charge in [0.1, 0.15) is 0 Å². The van der Waals surface area contributed by atoms with Crippen LogP contribution in [0, 0.1) is 5.92 Å². The lowest BCUT2D eigenvalue weighted by Gasteiger charge is -2.36. The number of piperazine rings is 1. The molecule has 0 aromatic rings. The lowest BCUT2D eigenvalue weighted by Crippen LogP contribution is -2.57. The first-order chi connectivity index (χ1) is 9.65. The molecule has 0 radical (unpaired) electrons. The predicted octanol–water partition coefficient (Wildman–Crippen LogP) is 0.845. The van der Waals surface area contributed by atoms with Gasteiger partial charge in [0.2, 0.25) is 11.8 Å². The summed E-state index contributed by atoms with van der Waals surface area (Å²) >= 11 is 0. The molecule has 1 aliphatic carbocycles. The molecule has 5 nitrogen and oxygen atoms in total. The number of nitrogens with one attached hydrogen (secondary N) is 1. The van der Waals surface area contributed by atoms with Gasteiger partial charge in [0.15, 0.2) is 0 Å². The maximum Gasteiger partial charge on any atom is 0.242 e. The van der Waals surface area contributed by atoms with Gasteiger partial charge in [-0.2, -0.15) is 0 Å². The predicted molar refractivity (Wildman–Crippen MR) is 78.3 cm³/mol. The van der Waals surface area contributed by atoms with Gasteiger partial charge in [0, 0.05) is 19.1 Å². The molecule has 0 aromatic carbocycles. The summed E-state index contributed by atoms with van der Waals surface area (Å²) in [6.45, 7) is 3.90. The summed E-state index contributed by atoms with van der Waals surface area (Å²) in [5.74, 6) is 0.834. The summed E-state index contributed by atoms with van der Waals surface area (Å²) in [6, 6.07) is 0.326. The molecular weight excluding hydrogens is 254 g/mol. The van der Waals surface area contributed by atoms with Crippen LogP contribution >= 0.6 is 0 Å². The molecule has 1 saturated carbocycles. The van der Waals surface area contributed by atoms with Gasteiger partial charge >= 0.3 is 0 Å². The molecule has 2 amide bonds. The van der Waals surface area contributed by atoms with Gasteiger partial charge < -0.3 is 15.1 Å². The van der Waals surface area contributed by atoms with E-state index >= 15 is 0 Å². The van der Waals surface area contributed by atoms with Crippen molar-refractivity contribution in [1.29, 1.82) is 0 Å². The van der Waals surface area contributed by atoms with Crippen LogP contribution in [0.2, 0.25) is 0 Å². The Morgan fingerprint density at radius 1 is 1.15 bits per heavy atom. The van der Waals surface area contributed by atoms with Crippen molar-refractivity contribution in [3.63, 3.8) is 0 Å². The van der Waals surface area contributed by atoms with Crippen molar-refractivity contribution < 1.29 is 9.59 Å². The molecule has 0 aromatic heterocycles. The standard InChI is InChI=1S/C15H27N3O2/c1-3-8-17-10-15(20)18(11-14(17)19)9-13(16-2)12-6-4-5-7-12/h12-13,16H,3-11H2,1-2H3. The monoisotopic (exact) mass is 281 g/mol. The molecule has 1 saturated heterocycles. The second kappa shape index (κ2) is 7.07. The molecule has 1 unspecified atom stereocenters. The van der Waals surface area contributed by atoms with Gasteiger partial charge in [0.25, 0.3) is 0 Å². The zero-order chi connectivity index (χ0) is 14.5. The van der Waals surface area contributed by atoms with Gasteiger partial charge in [-0.3, -0.25) is 9.59 Å². The number of amides is 2. The van der Waals surface area contributed by atoms with Crippen LogP contribution < -0.4 is 5.32 Å². The van der Waals surface area contributed by atoms with Crippen LogP contribution in [0.3, 0.4) is 0 Å². The number of likely N-dealkylation sites (N-methyl/N-ethyl adjacent to an activating group) is 1. The van der Waals surface area contributed by atoms with Crippen LogP contribution in [0.15, 0.2) is 0 Å². The number of carbonyl (C=O) groups is 2. The Hall–Kier alpha value is -1.10. The van der Waals surface area contributed by atoms with Crippen LogP contribution in [0.1, 0.15) is 39.0 Å². The van der Waals surface area contributed by atoms with Crippen molar-refractivity contribution in [2.24, 2.45) is 5.92 Å². The normalized spacial score (nSPS) is 22.7. The van der Waals surface area contributed by atoms with Crippen molar-refractivity contribution in [2.45, 2.75) is 45.1 Å². The first kappa shape index (κ1) is 15.3. The highest BCUT2D eigenvalue weighted by molar-refractivity contribution is 5.92.